The predicted octanol–water partition coefficient (Wildman–Crippen LogP) is 4.79. The molecule has 0 atom stereocenters. The highest BCUT2D eigenvalue weighted by Gasteiger charge is 2.59. The SMILES string of the molecule is O=C(N1CCCCN1C(=O)C12CC3CC(CC(C3)C1)C2)C12CC3CC(CC(C3)C1)C2. The molecular weight excluding hydrogens is 372 g/mol. The molecule has 0 aromatic rings. The van der Waals surface area contributed by atoms with Gasteiger partial charge in [0.05, 0.1) is 10.8 Å². The Morgan fingerprint density at radius 3 is 1.03 bits per heavy atom. The first-order valence-corrected chi connectivity index (χ1v) is 13.2. The Bertz CT molecular complexity index is 638. The number of hydrazine groups is 1. The minimum absolute atomic E-state index is 0.133. The van der Waals surface area contributed by atoms with E-state index in [0.29, 0.717) is 11.8 Å². The zero-order valence-corrected chi connectivity index (χ0v) is 18.5. The molecule has 9 aliphatic rings. The Balaban J connectivity index is 1.17. The highest BCUT2D eigenvalue weighted by Crippen LogP contribution is 2.62. The maximum Gasteiger partial charge on any atom is 0.247 e. The van der Waals surface area contributed by atoms with Gasteiger partial charge in [0.1, 0.15) is 0 Å². The largest absolute Gasteiger partial charge is 0.272 e. The monoisotopic (exact) mass is 410 g/mol. The molecule has 2 amide bonds. The van der Waals surface area contributed by atoms with Crippen LogP contribution in [0.1, 0.15) is 89.9 Å². The van der Waals surface area contributed by atoms with Gasteiger partial charge in [-0.15, -0.1) is 0 Å². The number of carbonyl (C=O) groups is 2. The fourth-order valence-electron chi connectivity index (χ4n) is 10.5. The third-order valence-electron chi connectivity index (χ3n) is 10.7. The lowest BCUT2D eigenvalue weighted by Gasteiger charge is -2.59. The predicted molar refractivity (Wildman–Crippen MR) is 114 cm³/mol. The minimum atomic E-state index is -0.133. The van der Waals surface area contributed by atoms with Crippen molar-refractivity contribution in [3.05, 3.63) is 0 Å². The molecule has 0 spiro atoms. The summed E-state index contributed by atoms with van der Waals surface area (Å²) in [6.07, 6.45) is 16.9. The van der Waals surface area contributed by atoms with Crippen LogP contribution in [-0.4, -0.2) is 34.9 Å². The average molecular weight is 411 g/mol. The van der Waals surface area contributed by atoms with Crippen molar-refractivity contribution in [3.8, 4) is 0 Å². The van der Waals surface area contributed by atoms with Crippen molar-refractivity contribution in [1.82, 2.24) is 10.0 Å². The van der Waals surface area contributed by atoms with Crippen molar-refractivity contribution < 1.29 is 9.59 Å². The summed E-state index contributed by atoms with van der Waals surface area (Å²) in [4.78, 5) is 28.3. The van der Waals surface area contributed by atoms with Crippen LogP contribution < -0.4 is 0 Å². The lowest BCUT2D eigenvalue weighted by atomic mass is 9.49. The Morgan fingerprint density at radius 2 is 0.767 bits per heavy atom. The molecule has 164 valence electrons. The summed E-state index contributed by atoms with van der Waals surface area (Å²) < 4.78 is 0. The van der Waals surface area contributed by atoms with E-state index >= 15 is 0 Å². The van der Waals surface area contributed by atoms with Crippen LogP contribution in [0, 0.1) is 46.3 Å². The summed E-state index contributed by atoms with van der Waals surface area (Å²) in [6.45, 7) is 1.55. The first kappa shape index (κ1) is 18.5. The Morgan fingerprint density at radius 1 is 0.500 bits per heavy atom. The molecule has 0 aromatic carbocycles. The molecule has 8 saturated carbocycles. The summed E-state index contributed by atoms with van der Waals surface area (Å²) in [6, 6.07) is 0. The van der Waals surface area contributed by atoms with Gasteiger partial charge in [-0.05, 0) is 125 Å². The Labute approximate surface area is 181 Å². The van der Waals surface area contributed by atoms with E-state index in [9.17, 15) is 9.59 Å². The summed E-state index contributed by atoms with van der Waals surface area (Å²) >= 11 is 0. The van der Waals surface area contributed by atoms with Crippen molar-refractivity contribution in [3.63, 3.8) is 0 Å². The van der Waals surface area contributed by atoms with Gasteiger partial charge in [-0.2, -0.15) is 0 Å². The first-order chi connectivity index (χ1) is 14.5. The molecule has 1 aliphatic heterocycles. The zero-order chi connectivity index (χ0) is 20.1. The molecule has 0 N–H and O–H groups in total. The molecule has 4 heteroatoms. The molecule has 8 aliphatic carbocycles. The molecular formula is C26H38N2O2. The second kappa shape index (κ2) is 6.25. The summed E-state index contributed by atoms with van der Waals surface area (Å²) in [5.74, 6) is 5.34. The van der Waals surface area contributed by atoms with Gasteiger partial charge in [-0.3, -0.25) is 19.6 Å². The standard InChI is InChI=1S/C26H38N2O2/c29-23(25-11-17-5-18(12-25)7-19(6-17)13-25)27-3-1-2-4-28(27)24(30)26-14-20-8-21(15-26)10-22(9-20)16-26/h17-22H,1-16H2. The molecule has 9 fully saturated rings. The maximum atomic E-state index is 14.1. The van der Waals surface area contributed by atoms with Gasteiger partial charge in [0.15, 0.2) is 0 Å². The van der Waals surface area contributed by atoms with E-state index in [1.807, 2.05) is 10.0 Å². The van der Waals surface area contributed by atoms with Gasteiger partial charge < -0.3 is 0 Å². The lowest BCUT2D eigenvalue weighted by Crippen LogP contribution is -2.64. The molecule has 1 heterocycles. The van der Waals surface area contributed by atoms with Crippen LogP contribution in [0.4, 0.5) is 0 Å². The topological polar surface area (TPSA) is 40.6 Å². The molecule has 1 saturated heterocycles. The maximum absolute atomic E-state index is 14.1. The van der Waals surface area contributed by atoms with Gasteiger partial charge in [0, 0.05) is 13.1 Å². The van der Waals surface area contributed by atoms with Crippen LogP contribution in [0.2, 0.25) is 0 Å². The number of hydrogen-bond acceptors (Lipinski definition) is 2. The van der Waals surface area contributed by atoms with E-state index in [-0.39, 0.29) is 10.8 Å². The van der Waals surface area contributed by atoms with Crippen molar-refractivity contribution in [2.24, 2.45) is 46.3 Å². The van der Waals surface area contributed by atoms with Crippen LogP contribution in [0.15, 0.2) is 0 Å². The third kappa shape index (κ3) is 2.57. The zero-order valence-electron chi connectivity index (χ0n) is 18.5. The van der Waals surface area contributed by atoms with E-state index in [1.54, 1.807) is 0 Å². The molecule has 0 radical (unpaired) electrons. The number of rotatable bonds is 2. The van der Waals surface area contributed by atoms with Gasteiger partial charge in [0.2, 0.25) is 11.8 Å². The quantitative estimate of drug-likeness (QED) is 0.657. The van der Waals surface area contributed by atoms with Gasteiger partial charge >= 0.3 is 0 Å². The second-order valence-electron chi connectivity index (χ2n) is 13.0. The molecule has 30 heavy (non-hydrogen) atoms. The van der Waals surface area contributed by atoms with Gasteiger partial charge in [0.25, 0.3) is 0 Å². The summed E-state index contributed by atoms with van der Waals surface area (Å²) in [5, 5.41) is 4.02. The number of nitrogens with zero attached hydrogens (tertiary/aromatic N) is 2. The average Bonchev–Trinajstić information content (AvgIpc) is 2.71. The lowest BCUT2D eigenvalue weighted by molar-refractivity contribution is -0.196. The normalized spacial score (nSPS) is 50.9. The Hall–Kier alpha value is -1.06. The fourth-order valence-corrected chi connectivity index (χ4v) is 10.5. The van der Waals surface area contributed by atoms with Crippen LogP contribution >= 0.6 is 0 Å². The second-order valence-corrected chi connectivity index (χ2v) is 13.0. The van der Waals surface area contributed by atoms with E-state index in [4.69, 9.17) is 0 Å². The first-order valence-electron chi connectivity index (χ1n) is 13.2. The van der Waals surface area contributed by atoms with Gasteiger partial charge in [-0.1, -0.05) is 0 Å². The number of hydrogen-bond donors (Lipinski definition) is 0. The molecule has 0 unspecified atom stereocenters. The van der Waals surface area contributed by atoms with E-state index < -0.39 is 0 Å². The van der Waals surface area contributed by atoms with Crippen molar-refractivity contribution in [1.29, 1.82) is 0 Å². The van der Waals surface area contributed by atoms with Crippen LogP contribution in [0.25, 0.3) is 0 Å². The Kier molecular flexibility index (Phi) is 3.86. The molecule has 4 nitrogen and oxygen atoms in total. The van der Waals surface area contributed by atoms with Crippen molar-refractivity contribution >= 4 is 11.8 Å². The smallest absolute Gasteiger partial charge is 0.247 e. The van der Waals surface area contributed by atoms with Crippen LogP contribution in [0.3, 0.4) is 0 Å². The fraction of sp³-hybridized carbons (Fsp3) is 0.923. The molecule has 0 aromatic heterocycles. The summed E-state index contributed by atoms with van der Waals surface area (Å²) in [5.41, 5.74) is -0.266. The minimum Gasteiger partial charge on any atom is -0.272 e. The van der Waals surface area contributed by atoms with Gasteiger partial charge in [-0.25, -0.2) is 0 Å². The van der Waals surface area contributed by atoms with E-state index in [2.05, 4.69) is 0 Å². The highest BCUT2D eigenvalue weighted by atomic mass is 16.2. The van der Waals surface area contributed by atoms with Crippen LogP contribution in [0.5, 0.6) is 0 Å². The highest BCUT2D eigenvalue weighted by molar-refractivity contribution is 5.89. The van der Waals surface area contributed by atoms with E-state index in [1.165, 1.54) is 38.5 Å². The molecule has 9 rings (SSSR count). The third-order valence-corrected chi connectivity index (χ3v) is 10.7. The van der Waals surface area contributed by atoms with E-state index in [0.717, 1.165) is 100.0 Å². The summed E-state index contributed by atoms with van der Waals surface area (Å²) in [7, 11) is 0. The van der Waals surface area contributed by atoms with Crippen molar-refractivity contribution in [2.75, 3.05) is 13.1 Å². The number of amides is 2. The number of carbonyl (C=O) groups excluding carboxylic acids is 2. The van der Waals surface area contributed by atoms with Crippen LogP contribution in [-0.2, 0) is 9.59 Å². The van der Waals surface area contributed by atoms with Crippen molar-refractivity contribution in [2.45, 2.75) is 89.9 Å². The molecule has 8 bridgehead atoms.